The monoisotopic (exact) mass is 459 g/mol. The van der Waals surface area contributed by atoms with Gasteiger partial charge >= 0.3 is 12.1 Å². The zero-order chi connectivity index (χ0) is 24.0. The van der Waals surface area contributed by atoms with E-state index in [2.05, 4.69) is 10.6 Å². The Morgan fingerprint density at radius 3 is 2.70 bits per heavy atom. The third kappa shape index (κ3) is 6.75. The molecule has 2 saturated heterocycles. The number of nitrogens with one attached hydrogen (secondary N) is 3. The van der Waals surface area contributed by atoms with Gasteiger partial charge in [0.05, 0.1) is 5.84 Å². The van der Waals surface area contributed by atoms with Crippen LogP contribution in [-0.4, -0.2) is 89.1 Å². The molecule has 1 aromatic carbocycles. The van der Waals surface area contributed by atoms with Gasteiger partial charge in [0.15, 0.2) is 0 Å². The smallest absolute Gasteiger partial charge is 0.383 e. The maximum Gasteiger partial charge on any atom is 0.417 e. The molecule has 2 aliphatic rings. The van der Waals surface area contributed by atoms with Gasteiger partial charge in [0, 0.05) is 38.3 Å². The van der Waals surface area contributed by atoms with Crippen LogP contribution in [0.5, 0.6) is 0 Å². The molecule has 1 aromatic rings. The molecule has 2 heterocycles. The summed E-state index contributed by atoms with van der Waals surface area (Å²) < 4.78 is 5.09. The number of amides is 2. The zero-order valence-corrected chi connectivity index (χ0v) is 19.1. The molecule has 0 spiro atoms. The van der Waals surface area contributed by atoms with Crippen LogP contribution < -0.4 is 10.6 Å². The third-order valence-corrected chi connectivity index (χ3v) is 6.13. The summed E-state index contributed by atoms with van der Waals surface area (Å²) in [6.45, 7) is 5.09. The molecule has 33 heavy (non-hydrogen) atoms. The number of likely N-dealkylation sites (tertiary alicyclic amines) is 1. The van der Waals surface area contributed by atoms with Crippen molar-refractivity contribution in [3.63, 3.8) is 0 Å². The SMILES string of the molecule is CC(=N)N1CCNC(C(=O)OC(=O)N2C[C@H](NC(=O)[C@H](O)CCc3ccccc3)C[C@H]2C)C1. The maximum absolute atomic E-state index is 12.6. The maximum atomic E-state index is 12.6. The van der Waals surface area contributed by atoms with Crippen LogP contribution in [0.25, 0.3) is 0 Å². The van der Waals surface area contributed by atoms with Crippen LogP contribution in [0.15, 0.2) is 30.3 Å². The van der Waals surface area contributed by atoms with Crippen LogP contribution in [0.4, 0.5) is 4.79 Å². The van der Waals surface area contributed by atoms with Crippen LogP contribution in [0.2, 0.25) is 0 Å². The number of aryl methyl sites for hydroxylation is 1. The van der Waals surface area contributed by atoms with E-state index in [1.807, 2.05) is 37.3 Å². The lowest BCUT2D eigenvalue weighted by atomic mass is 10.1. The number of ether oxygens (including phenoxy) is 1. The van der Waals surface area contributed by atoms with Crippen molar-refractivity contribution in [2.75, 3.05) is 26.2 Å². The average Bonchev–Trinajstić information content (AvgIpc) is 3.18. The van der Waals surface area contributed by atoms with Gasteiger partial charge in [-0.25, -0.2) is 9.59 Å². The molecule has 10 nitrogen and oxygen atoms in total. The number of nitrogens with zero attached hydrogens (tertiary/aromatic N) is 2. The zero-order valence-electron chi connectivity index (χ0n) is 19.1. The normalized spacial score (nSPS) is 23.7. The standard InChI is InChI=1S/C23H33N5O5/c1-15-12-18(26-21(30)20(29)9-8-17-6-4-3-5-7-17)13-28(15)23(32)33-22(31)19-14-27(16(2)24)11-10-25-19/h3-7,15,18-20,24-25,29H,8-14H2,1-2H3,(H,26,30)/t15-,18-,19?,20-/m1/s1. The van der Waals surface area contributed by atoms with Crippen molar-refractivity contribution in [2.24, 2.45) is 0 Å². The Balaban J connectivity index is 1.45. The number of benzene rings is 1. The van der Waals surface area contributed by atoms with Crippen molar-refractivity contribution in [3.05, 3.63) is 35.9 Å². The van der Waals surface area contributed by atoms with E-state index in [4.69, 9.17) is 10.1 Å². The van der Waals surface area contributed by atoms with Gasteiger partial charge in [0.25, 0.3) is 0 Å². The fraction of sp³-hybridized carbons (Fsp3) is 0.565. The first-order chi connectivity index (χ1) is 15.7. The number of amidine groups is 1. The van der Waals surface area contributed by atoms with E-state index in [1.165, 1.54) is 4.90 Å². The first-order valence-electron chi connectivity index (χ1n) is 11.3. The number of hydrogen-bond acceptors (Lipinski definition) is 7. The van der Waals surface area contributed by atoms with Crippen molar-refractivity contribution in [1.82, 2.24) is 20.4 Å². The summed E-state index contributed by atoms with van der Waals surface area (Å²) in [5, 5.41) is 23.7. The molecule has 0 saturated carbocycles. The second-order valence-corrected chi connectivity index (χ2v) is 8.71. The van der Waals surface area contributed by atoms with Crippen molar-refractivity contribution in [1.29, 1.82) is 5.41 Å². The van der Waals surface area contributed by atoms with E-state index in [0.29, 0.717) is 38.2 Å². The number of esters is 1. The predicted molar refractivity (Wildman–Crippen MR) is 122 cm³/mol. The Kier molecular flexibility index (Phi) is 8.40. The molecule has 2 amide bonds. The molecule has 180 valence electrons. The van der Waals surface area contributed by atoms with Crippen LogP contribution in [0.1, 0.15) is 32.3 Å². The van der Waals surface area contributed by atoms with Gasteiger partial charge in [-0.05, 0) is 38.7 Å². The lowest BCUT2D eigenvalue weighted by molar-refractivity contribution is -0.141. The molecule has 3 rings (SSSR count). The highest BCUT2D eigenvalue weighted by Gasteiger charge is 2.37. The highest BCUT2D eigenvalue weighted by molar-refractivity contribution is 5.89. The van der Waals surface area contributed by atoms with E-state index in [9.17, 15) is 19.5 Å². The highest BCUT2D eigenvalue weighted by atomic mass is 16.6. The van der Waals surface area contributed by atoms with Gasteiger partial charge < -0.3 is 30.3 Å². The predicted octanol–water partition coefficient (Wildman–Crippen LogP) is 0.493. The summed E-state index contributed by atoms with van der Waals surface area (Å²) in [6, 6.07) is 8.39. The summed E-state index contributed by atoms with van der Waals surface area (Å²) in [4.78, 5) is 40.6. The summed E-state index contributed by atoms with van der Waals surface area (Å²) in [5.41, 5.74) is 1.05. The van der Waals surface area contributed by atoms with Gasteiger partial charge in [-0.3, -0.25) is 10.2 Å². The molecule has 0 aliphatic carbocycles. The Labute approximate surface area is 193 Å². The fourth-order valence-corrected chi connectivity index (χ4v) is 4.19. The first-order valence-corrected chi connectivity index (χ1v) is 11.3. The molecule has 0 bridgehead atoms. The number of aliphatic hydroxyl groups excluding tert-OH is 1. The summed E-state index contributed by atoms with van der Waals surface area (Å²) in [7, 11) is 0. The molecule has 10 heteroatoms. The van der Waals surface area contributed by atoms with E-state index in [1.54, 1.807) is 11.8 Å². The van der Waals surface area contributed by atoms with Crippen molar-refractivity contribution in [3.8, 4) is 0 Å². The Morgan fingerprint density at radius 2 is 2.00 bits per heavy atom. The lowest BCUT2D eigenvalue weighted by Crippen LogP contribution is -2.56. The number of carbonyl (C=O) groups excluding carboxylic acids is 3. The second kappa shape index (κ2) is 11.2. The number of piperazine rings is 1. The summed E-state index contributed by atoms with van der Waals surface area (Å²) in [5.74, 6) is -0.789. The van der Waals surface area contributed by atoms with E-state index < -0.39 is 30.1 Å². The number of aliphatic hydroxyl groups is 1. The quantitative estimate of drug-likeness (QED) is 0.210. The average molecular weight is 460 g/mol. The minimum atomic E-state index is -1.14. The molecule has 1 unspecified atom stereocenters. The van der Waals surface area contributed by atoms with Crippen LogP contribution >= 0.6 is 0 Å². The molecule has 2 aliphatic heterocycles. The van der Waals surface area contributed by atoms with Crippen molar-refractivity contribution < 1.29 is 24.2 Å². The number of hydrogen-bond donors (Lipinski definition) is 4. The minimum absolute atomic E-state index is 0.203. The van der Waals surface area contributed by atoms with Gasteiger partial charge in [0.1, 0.15) is 12.1 Å². The van der Waals surface area contributed by atoms with Crippen molar-refractivity contribution in [2.45, 2.75) is 57.3 Å². The highest BCUT2D eigenvalue weighted by Crippen LogP contribution is 2.19. The lowest BCUT2D eigenvalue weighted by Gasteiger charge is -2.33. The van der Waals surface area contributed by atoms with Crippen LogP contribution in [0.3, 0.4) is 0 Å². The van der Waals surface area contributed by atoms with Gasteiger partial charge in [0.2, 0.25) is 5.91 Å². The van der Waals surface area contributed by atoms with E-state index in [-0.39, 0.29) is 25.2 Å². The van der Waals surface area contributed by atoms with Gasteiger partial charge in [-0.15, -0.1) is 0 Å². The van der Waals surface area contributed by atoms with Gasteiger partial charge in [-0.1, -0.05) is 30.3 Å². The molecule has 4 atom stereocenters. The van der Waals surface area contributed by atoms with Gasteiger partial charge in [-0.2, -0.15) is 0 Å². The Bertz CT molecular complexity index is 864. The van der Waals surface area contributed by atoms with Crippen LogP contribution in [0, 0.1) is 5.41 Å². The molecule has 4 N–H and O–H groups in total. The second-order valence-electron chi connectivity index (χ2n) is 8.71. The summed E-state index contributed by atoms with van der Waals surface area (Å²) >= 11 is 0. The molecular weight excluding hydrogens is 426 g/mol. The Morgan fingerprint density at radius 1 is 1.27 bits per heavy atom. The number of carbonyl (C=O) groups is 3. The molecule has 2 fully saturated rings. The van der Waals surface area contributed by atoms with E-state index >= 15 is 0 Å². The Hall–Kier alpha value is -2.98. The summed E-state index contributed by atoms with van der Waals surface area (Å²) in [6.07, 6.45) is -0.497. The third-order valence-electron chi connectivity index (χ3n) is 6.13. The minimum Gasteiger partial charge on any atom is -0.383 e. The molecular formula is C23H33N5O5. The number of rotatable bonds is 6. The molecule has 0 aromatic heterocycles. The first kappa shape index (κ1) is 24.7. The fourth-order valence-electron chi connectivity index (χ4n) is 4.19. The molecule has 0 radical (unpaired) electrons. The largest absolute Gasteiger partial charge is 0.417 e. The van der Waals surface area contributed by atoms with Crippen molar-refractivity contribution >= 4 is 23.8 Å². The topological polar surface area (TPSA) is 135 Å². The van der Waals surface area contributed by atoms with Crippen LogP contribution in [-0.2, 0) is 20.7 Å². The van der Waals surface area contributed by atoms with E-state index in [0.717, 1.165) is 5.56 Å².